The van der Waals surface area contributed by atoms with E-state index in [0.29, 0.717) is 33.8 Å². The van der Waals surface area contributed by atoms with Gasteiger partial charge in [0.15, 0.2) is 11.4 Å². The number of fused-ring (bicyclic) bond motifs is 6. The molecule has 5 nitrogen and oxygen atoms in total. The van der Waals surface area contributed by atoms with Crippen LogP contribution in [0.5, 0.6) is 0 Å². The minimum Gasteiger partial charge on any atom is -0.310 e. The van der Waals surface area contributed by atoms with Gasteiger partial charge in [0.1, 0.15) is 6.07 Å². The van der Waals surface area contributed by atoms with E-state index in [2.05, 4.69) is 15.8 Å². The predicted octanol–water partition coefficient (Wildman–Crippen LogP) is 11.5. The SMILES string of the molecule is [C-]#[N+]c1ccc2c3ccccc3n(-c3cc(-c4ccccc4C(F)(F)F)c(-n4c5ccccc5c5ccc([N+]#[C-])cc54)cc3C#N)c2c1. The molecule has 226 valence electrons. The van der Waals surface area contributed by atoms with Crippen molar-refractivity contribution in [2.75, 3.05) is 0 Å². The first-order valence-corrected chi connectivity index (χ1v) is 14.9. The average Bonchev–Trinajstić information content (AvgIpc) is 3.62. The lowest BCUT2D eigenvalue weighted by Crippen LogP contribution is -2.09. The summed E-state index contributed by atoms with van der Waals surface area (Å²) in [6, 6.07) is 36.8. The van der Waals surface area contributed by atoms with E-state index in [4.69, 9.17) is 13.1 Å². The fourth-order valence-corrected chi connectivity index (χ4v) is 6.79. The smallest absolute Gasteiger partial charge is 0.310 e. The number of halogens is 3. The maximum atomic E-state index is 14.7. The molecule has 0 N–H and O–H groups in total. The van der Waals surface area contributed by atoms with Crippen molar-refractivity contribution in [3.63, 3.8) is 0 Å². The van der Waals surface area contributed by atoms with E-state index in [9.17, 15) is 18.4 Å². The van der Waals surface area contributed by atoms with Crippen LogP contribution in [-0.4, -0.2) is 9.13 Å². The lowest BCUT2D eigenvalue weighted by atomic mass is 9.95. The summed E-state index contributed by atoms with van der Waals surface area (Å²) in [4.78, 5) is 7.23. The molecular formula is C40H20F3N5. The average molecular weight is 628 g/mol. The van der Waals surface area contributed by atoms with Gasteiger partial charge < -0.3 is 9.13 Å². The van der Waals surface area contributed by atoms with Crippen LogP contribution in [0, 0.1) is 24.5 Å². The van der Waals surface area contributed by atoms with Crippen LogP contribution in [0.25, 0.3) is 75.8 Å². The molecule has 48 heavy (non-hydrogen) atoms. The second kappa shape index (κ2) is 10.6. The Morgan fingerprint density at radius 1 is 0.542 bits per heavy atom. The Hall–Kier alpha value is -6.82. The van der Waals surface area contributed by atoms with Crippen LogP contribution in [0.1, 0.15) is 11.1 Å². The van der Waals surface area contributed by atoms with Gasteiger partial charge in [-0.25, -0.2) is 9.69 Å². The predicted molar refractivity (Wildman–Crippen MR) is 183 cm³/mol. The molecule has 0 aliphatic rings. The summed E-state index contributed by atoms with van der Waals surface area (Å²) < 4.78 is 47.8. The number of para-hydroxylation sites is 2. The molecule has 0 unspecified atom stereocenters. The molecule has 0 fully saturated rings. The Balaban J connectivity index is 1.57. The van der Waals surface area contributed by atoms with Gasteiger partial charge in [-0.1, -0.05) is 78.9 Å². The summed E-state index contributed by atoms with van der Waals surface area (Å²) in [6.07, 6.45) is -4.67. The lowest BCUT2D eigenvalue weighted by Gasteiger charge is -2.21. The van der Waals surface area contributed by atoms with Crippen LogP contribution in [0.2, 0.25) is 0 Å². The number of hydrogen-bond donors (Lipinski definition) is 0. The van der Waals surface area contributed by atoms with Crippen molar-refractivity contribution in [2.24, 2.45) is 0 Å². The maximum Gasteiger partial charge on any atom is 0.417 e. The first-order valence-electron chi connectivity index (χ1n) is 14.9. The van der Waals surface area contributed by atoms with Gasteiger partial charge in [-0.2, -0.15) is 18.4 Å². The zero-order valence-corrected chi connectivity index (χ0v) is 24.9. The molecule has 0 atom stereocenters. The molecule has 0 saturated carbocycles. The van der Waals surface area contributed by atoms with E-state index in [1.807, 2.05) is 69.8 Å². The number of nitriles is 1. The van der Waals surface area contributed by atoms with Crippen molar-refractivity contribution >= 4 is 55.0 Å². The highest BCUT2D eigenvalue weighted by Crippen LogP contribution is 2.44. The molecule has 0 radical (unpaired) electrons. The zero-order chi connectivity index (χ0) is 33.2. The first kappa shape index (κ1) is 28.6. The summed E-state index contributed by atoms with van der Waals surface area (Å²) in [5.74, 6) is 0. The van der Waals surface area contributed by atoms with Crippen molar-refractivity contribution in [1.82, 2.24) is 9.13 Å². The molecule has 0 saturated heterocycles. The molecule has 2 heterocycles. The third-order valence-electron chi connectivity index (χ3n) is 8.81. The van der Waals surface area contributed by atoms with Crippen LogP contribution >= 0.6 is 0 Å². The number of hydrogen-bond acceptors (Lipinski definition) is 1. The van der Waals surface area contributed by atoms with Gasteiger partial charge in [0.2, 0.25) is 0 Å². The van der Waals surface area contributed by atoms with Gasteiger partial charge in [0, 0.05) is 38.1 Å². The fraction of sp³-hybridized carbons (Fsp3) is 0.0250. The van der Waals surface area contributed by atoms with Crippen molar-refractivity contribution < 1.29 is 13.2 Å². The first-order chi connectivity index (χ1) is 23.3. The van der Waals surface area contributed by atoms with Gasteiger partial charge >= 0.3 is 6.18 Å². The fourth-order valence-electron chi connectivity index (χ4n) is 6.79. The lowest BCUT2D eigenvalue weighted by molar-refractivity contribution is -0.137. The molecule has 0 bridgehead atoms. The summed E-state index contributed by atoms with van der Waals surface area (Å²) in [7, 11) is 0. The van der Waals surface area contributed by atoms with Gasteiger partial charge in [-0.15, -0.1) is 0 Å². The molecule has 2 aromatic heterocycles. The highest BCUT2D eigenvalue weighted by Gasteiger charge is 2.34. The molecule has 0 aliphatic carbocycles. The van der Waals surface area contributed by atoms with Crippen LogP contribution in [0.4, 0.5) is 24.5 Å². The summed E-state index contributed by atoms with van der Waals surface area (Å²) in [5.41, 5.74) is 3.86. The van der Waals surface area contributed by atoms with E-state index in [1.165, 1.54) is 12.1 Å². The van der Waals surface area contributed by atoms with E-state index >= 15 is 0 Å². The summed E-state index contributed by atoms with van der Waals surface area (Å²) >= 11 is 0. The highest BCUT2D eigenvalue weighted by atomic mass is 19.4. The van der Waals surface area contributed by atoms with E-state index in [-0.39, 0.29) is 16.7 Å². The molecular weight excluding hydrogens is 607 g/mol. The Morgan fingerprint density at radius 3 is 1.58 bits per heavy atom. The molecule has 8 aromatic rings. The van der Waals surface area contributed by atoms with Crippen LogP contribution in [0.15, 0.2) is 121 Å². The molecule has 0 aliphatic heterocycles. The number of alkyl halides is 3. The van der Waals surface area contributed by atoms with E-state index < -0.39 is 11.7 Å². The third-order valence-corrected chi connectivity index (χ3v) is 8.81. The third kappa shape index (κ3) is 4.23. The number of rotatable bonds is 3. The summed E-state index contributed by atoms with van der Waals surface area (Å²) in [6.45, 7) is 15.3. The van der Waals surface area contributed by atoms with Crippen molar-refractivity contribution in [2.45, 2.75) is 6.18 Å². The van der Waals surface area contributed by atoms with E-state index in [1.54, 1.807) is 42.5 Å². The number of nitrogens with zero attached hydrogens (tertiary/aromatic N) is 5. The van der Waals surface area contributed by atoms with Gasteiger partial charge in [0.25, 0.3) is 0 Å². The van der Waals surface area contributed by atoms with E-state index in [0.717, 1.165) is 38.6 Å². The van der Waals surface area contributed by atoms with Gasteiger partial charge in [0.05, 0.1) is 46.7 Å². The minimum atomic E-state index is -4.67. The molecule has 8 heteroatoms. The van der Waals surface area contributed by atoms with Crippen molar-refractivity contribution in [3.8, 4) is 28.6 Å². The normalized spacial score (nSPS) is 11.6. The molecule has 8 rings (SSSR count). The Bertz CT molecular complexity index is 2760. The zero-order valence-electron chi connectivity index (χ0n) is 24.9. The summed E-state index contributed by atoms with van der Waals surface area (Å²) in [5, 5.41) is 14.1. The molecule has 6 aromatic carbocycles. The van der Waals surface area contributed by atoms with Crippen LogP contribution < -0.4 is 0 Å². The standard InChI is InChI=1S/C40H20F3N5/c1-45-25-15-17-30-28-10-4-7-13-34(28)47(38(30)20-25)36-22-32(27-9-3-6-12-33(27)40(41,42)43)37(19-24(36)23-44)48-35-14-8-5-11-29(35)31-18-16-26(46-2)21-39(31)48/h3-22H. The minimum absolute atomic E-state index is 0.0550. The van der Waals surface area contributed by atoms with Crippen LogP contribution in [-0.2, 0) is 6.18 Å². The second-order valence-electron chi connectivity index (χ2n) is 11.4. The van der Waals surface area contributed by atoms with Gasteiger partial charge in [-0.3, -0.25) is 0 Å². The molecule has 0 spiro atoms. The molecule has 0 amide bonds. The van der Waals surface area contributed by atoms with Crippen molar-refractivity contribution in [3.05, 3.63) is 155 Å². The maximum absolute atomic E-state index is 14.7. The quantitative estimate of drug-likeness (QED) is 0.180. The topological polar surface area (TPSA) is 42.4 Å². The van der Waals surface area contributed by atoms with Crippen molar-refractivity contribution in [1.29, 1.82) is 5.26 Å². The van der Waals surface area contributed by atoms with Gasteiger partial charge in [-0.05, 0) is 48.0 Å². The second-order valence-corrected chi connectivity index (χ2v) is 11.4. The Morgan fingerprint density at radius 2 is 1.04 bits per heavy atom. The van der Waals surface area contributed by atoms with Crippen LogP contribution in [0.3, 0.4) is 0 Å². The number of benzene rings is 6. The Kier molecular flexibility index (Phi) is 6.34. The monoisotopic (exact) mass is 627 g/mol. The largest absolute Gasteiger partial charge is 0.417 e. The Labute approximate surface area is 272 Å². The number of aromatic nitrogens is 2. The highest BCUT2D eigenvalue weighted by molar-refractivity contribution is 6.12.